The fraction of sp³-hybridized carbons (Fsp3) is 0.500. The summed E-state index contributed by atoms with van der Waals surface area (Å²) in [5.41, 5.74) is 1.90. The molecule has 0 spiro atoms. The van der Waals surface area contributed by atoms with Crippen molar-refractivity contribution < 1.29 is 23.5 Å². The standard InChI is InChI=1S/C24H30FNO4S/c1-6-29-24(28)20-17-12-18(13(2)3)30-21(14(4)5)22(17)31-23(20)26-19(27)11-15-8-7-9-16(25)10-15/h7-10,13-14,18,21H,6,11-12H2,1-5H3,(H,26,27)/t18-,21+/m0/s1. The van der Waals surface area contributed by atoms with Crippen LogP contribution < -0.4 is 5.32 Å². The molecule has 168 valence electrons. The number of hydrogen-bond donors (Lipinski definition) is 1. The topological polar surface area (TPSA) is 64.6 Å². The van der Waals surface area contributed by atoms with Gasteiger partial charge in [0, 0.05) is 11.3 Å². The van der Waals surface area contributed by atoms with Crippen molar-refractivity contribution in [3.8, 4) is 0 Å². The average molecular weight is 448 g/mol. The van der Waals surface area contributed by atoms with Crippen molar-refractivity contribution in [2.24, 2.45) is 11.8 Å². The summed E-state index contributed by atoms with van der Waals surface area (Å²) in [6.07, 6.45) is 0.448. The first-order valence-corrected chi connectivity index (χ1v) is 11.5. The van der Waals surface area contributed by atoms with Crippen molar-refractivity contribution in [2.45, 2.75) is 59.7 Å². The molecule has 0 saturated heterocycles. The van der Waals surface area contributed by atoms with Crippen LogP contribution in [-0.2, 0) is 27.1 Å². The maximum atomic E-state index is 13.5. The lowest BCUT2D eigenvalue weighted by Gasteiger charge is -2.34. The Morgan fingerprint density at radius 2 is 2.00 bits per heavy atom. The second-order valence-corrected chi connectivity index (χ2v) is 9.56. The molecule has 1 aromatic heterocycles. The highest BCUT2D eigenvalue weighted by atomic mass is 32.1. The van der Waals surface area contributed by atoms with Gasteiger partial charge in [-0.15, -0.1) is 11.3 Å². The molecule has 31 heavy (non-hydrogen) atoms. The van der Waals surface area contributed by atoms with Gasteiger partial charge in [-0.1, -0.05) is 39.8 Å². The molecule has 0 saturated carbocycles. The van der Waals surface area contributed by atoms with Gasteiger partial charge in [-0.05, 0) is 42.0 Å². The van der Waals surface area contributed by atoms with E-state index in [0.29, 0.717) is 22.5 Å². The Labute approximate surface area is 186 Å². The lowest BCUT2D eigenvalue weighted by molar-refractivity contribution is -0.115. The summed E-state index contributed by atoms with van der Waals surface area (Å²) in [6, 6.07) is 5.94. The molecular formula is C24H30FNO4S. The van der Waals surface area contributed by atoms with E-state index in [1.165, 1.54) is 23.5 Å². The molecule has 0 aliphatic carbocycles. The van der Waals surface area contributed by atoms with Crippen LogP contribution in [0.3, 0.4) is 0 Å². The van der Waals surface area contributed by atoms with Crippen molar-refractivity contribution in [1.82, 2.24) is 0 Å². The summed E-state index contributed by atoms with van der Waals surface area (Å²) in [5.74, 6) is -0.633. The van der Waals surface area contributed by atoms with Crippen LogP contribution in [0.15, 0.2) is 24.3 Å². The van der Waals surface area contributed by atoms with Crippen molar-refractivity contribution in [3.63, 3.8) is 0 Å². The van der Waals surface area contributed by atoms with Crippen LogP contribution >= 0.6 is 11.3 Å². The van der Waals surface area contributed by atoms with E-state index in [9.17, 15) is 14.0 Å². The number of carbonyl (C=O) groups is 2. The van der Waals surface area contributed by atoms with Crippen molar-refractivity contribution in [3.05, 3.63) is 51.7 Å². The van der Waals surface area contributed by atoms with E-state index < -0.39 is 5.97 Å². The molecule has 0 fully saturated rings. The predicted octanol–water partition coefficient (Wildman–Crippen LogP) is 5.54. The number of anilines is 1. The van der Waals surface area contributed by atoms with Crippen LogP contribution in [0.2, 0.25) is 0 Å². The highest BCUT2D eigenvalue weighted by molar-refractivity contribution is 7.17. The molecule has 5 nitrogen and oxygen atoms in total. The monoisotopic (exact) mass is 447 g/mol. The number of rotatable bonds is 7. The van der Waals surface area contributed by atoms with E-state index in [1.807, 2.05) is 0 Å². The van der Waals surface area contributed by atoms with Crippen LogP contribution in [0.25, 0.3) is 0 Å². The number of benzene rings is 1. The number of esters is 1. The summed E-state index contributed by atoms with van der Waals surface area (Å²) >= 11 is 1.38. The van der Waals surface area contributed by atoms with Gasteiger partial charge in [0.25, 0.3) is 0 Å². The molecule has 2 aromatic rings. The number of fused-ring (bicyclic) bond motifs is 1. The van der Waals surface area contributed by atoms with E-state index in [1.54, 1.807) is 19.1 Å². The minimum atomic E-state index is -0.437. The lowest BCUT2D eigenvalue weighted by Crippen LogP contribution is -2.32. The SMILES string of the molecule is CCOC(=O)c1c(NC(=O)Cc2cccc(F)c2)sc2c1C[C@@H](C(C)C)O[C@@H]2C(C)C. The van der Waals surface area contributed by atoms with Gasteiger partial charge >= 0.3 is 5.97 Å². The zero-order valence-corrected chi connectivity index (χ0v) is 19.5. The van der Waals surface area contributed by atoms with Crippen LogP contribution in [0.5, 0.6) is 0 Å². The molecule has 1 N–H and O–H groups in total. The molecule has 3 rings (SSSR count). The number of carbonyl (C=O) groups excluding carboxylic acids is 2. The van der Waals surface area contributed by atoms with Gasteiger partial charge in [0.15, 0.2) is 0 Å². The van der Waals surface area contributed by atoms with Gasteiger partial charge < -0.3 is 14.8 Å². The highest BCUT2D eigenvalue weighted by Gasteiger charge is 2.38. The number of halogens is 1. The number of ether oxygens (including phenoxy) is 2. The van der Waals surface area contributed by atoms with E-state index >= 15 is 0 Å². The minimum absolute atomic E-state index is 0.0152. The molecular weight excluding hydrogens is 417 g/mol. The number of amides is 1. The van der Waals surface area contributed by atoms with Crippen LogP contribution in [0.4, 0.5) is 9.39 Å². The molecule has 0 unspecified atom stereocenters. The minimum Gasteiger partial charge on any atom is -0.462 e. The summed E-state index contributed by atoms with van der Waals surface area (Å²) in [7, 11) is 0. The second-order valence-electron chi connectivity index (χ2n) is 8.51. The Hall–Kier alpha value is -2.25. The van der Waals surface area contributed by atoms with Crippen LogP contribution in [0, 0.1) is 17.7 Å². The van der Waals surface area contributed by atoms with E-state index in [2.05, 4.69) is 33.0 Å². The van der Waals surface area contributed by atoms with Gasteiger partial charge in [0.05, 0.1) is 30.8 Å². The first-order chi connectivity index (χ1) is 14.7. The third kappa shape index (κ3) is 5.33. The molecule has 2 heterocycles. The normalized spacial score (nSPS) is 18.2. The fourth-order valence-corrected chi connectivity index (χ4v) is 5.22. The molecule has 1 aliphatic rings. The molecule has 1 aliphatic heterocycles. The van der Waals surface area contributed by atoms with Crippen LogP contribution in [-0.4, -0.2) is 24.6 Å². The molecule has 0 radical (unpaired) electrons. The van der Waals surface area contributed by atoms with E-state index in [0.717, 1.165) is 10.4 Å². The van der Waals surface area contributed by atoms with Gasteiger partial charge in [0.1, 0.15) is 10.8 Å². The van der Waals surface area contributed by atoms with Gasteiger partial charge in [-0.25, -0.2) is 9.18 Å². The van der Waals surface area contributed by atoms with Gasteiger partial charge in [0.2, 0.25) is 5.91 Å². The number of hydrogen-bond acceptors (Lipinski definition) is 5. The first kappa shape index (κ1) is 23.4. The third-order valence-corrected chi connectivity index (χ3v) is 6.57. The first-order valence-electron chi connectivity index (χ1n) is 10.7. The number of thiophene rings is 1. The van der Waals surface area contributed by atoms with Gasteiger partial charge in [-0.2, -0.15) is 0 Å². The molecule has 1 amide bonds. The highest BCUT2D eigenvalue weighted by Crippen LogP contribution is 2.46. The molecule has 2 atom stereocenters. The Balaban J connectivity index is 1.97. The van der Waals surface area contributed by atoms with Crippen molar-refractivity contribution in [2.75, 3.05) is 11.9 Å². The lowest BCUT2D eigenvalue weighted by atomic mass is 9.89. The quantitative estimate of drug-likeness (QED) is 0.566. The fourth-order valence-electron chi connectivity index (χ4n) is 3.78. The molecule has 7 heteroatoms. The van der Waals surface area contributed by atoms with Crippen molar-refractivity contribution in [1.29, 1.82) is 0 Å². The smallest absolute Gasteiger partial charge is 0.341 e. The maximum Gasteiger partial charge on any atom is 0.341 e. The third-order valence-electron chi connectivity index (χ3n) is 5.36. The Morgan fingerprint density at radius 3 is 2.61 bits per heavy atom. The maximum absolute atomic E-state index is 13.5. The Bertz CT molecular complexity index is 953. The predicted molar refractivity (Wildman–Crippen MR) is 120 cm³/mol. The average Bonchev–Trinajstić information content (AvgIpc) is 3.04. The Morgan fingerprint density at radius 1 is 1.26 bits per heavy atom. The zero-order chi connectivity index (χ0) is 22.7. The Kier molecular flexibility index (Phi) is 7.49. The van der Waals surface area contributed by atoms with E-state index in [-0.39, 0.29) is 48.8 Å². The summed E-state index contributed by atoms with van der Waals surface area (Å²) < 4.78 is 25.2. The molecule has 1 aromatic carbocycles. The van der Waals surface area contributed by atoms with Gasteiger partial charge in [-0.3, -0.25) is 4.79 Å². The molecule has 0 bridgehead atoms. The summed E-state index contributed by atoms with van der Waals surface area (Å²) in [4.78, 5) is 26.6. The number of nitrogens with one attached hydrogen (secondary N) is 1. The van der Waals surface area contributed by atoms with Crippen molar-refractivity contribution >= 4 is 28.2 Å². The van der Waals surface area contributed by atoms with Crippen LogP contribution in [0.1, 0.15) is 67.1 Å². The second kappa shape index (κ2) is 9.92. The largest absolute Gasteiger partial charge is 0.462 e. The van der Waals surface area contributed by atoms with E-state index in [4.69, 9.17) is 9.47 Å². The zero-order valence-electron chi connectivity index (χ0n) is 18.7. The summed E-state index contributed by atoms with van der Waals surface area (Å²) in [5, 5.41) is 3.35. The summed E-state index contributed by atoms with van der Waals surface area (Å²) in [6.45, 7) is 10.4.